The molecule has 0 aliphatic carbocycles. The van der Waals surface area contributed by atoms with Crippen LogP contribution in [-0.4, -0.2) is 10.9 Å². The number of anilines is 1. The van der Waals surface area contributed by atoms with Crippen molar-refractivity contribution in [3.63, 3.8) is 0 Å². The normalized spacial score (nSPS) is 10.8. The van der Waals surface area contributed by atoms with Gasteiger partial charge in [0.15, 0.2) is 5.13 Å². The summed E-state index contributed by atoms with van der Waals surface area (Å²) < 4.78 is 0. The molecule has 0 fully saturated rings. The Morgan fingerprint density at radius 2 is 1.96 bits per heavy atom. The maximum Gasteiger partial charge on any atom is 0.250 e. The molecule has 3 rings (SSSR count). The Kier molecular flexibility index (Phi) is 4.86. The van der Waals surface area contributed by atoms with Gasteiger partial charge >= 0.3 is 0 Å². The Morgan fingerprint density at radius 3 is 2.74 bits per heavy atom. The Morgan fingerprint density at radius 1 is 1.13 bits per heavy atom. The molecular formula is C18H13ClN2OS. The maximum absolute atomic E-state index is 12.0. The van der Waals surface area contributed by atoms with Gasteiger partial charge in [0, 0.05) is 22.0 Å². The van der Waals surface area contributed by atoms with Crippen LogP contribution in [0.1, 0.15) is 5.56 Å². The van der Waals surface area contributed by atoms with Crippen molar-refractivity contribution in [3.05, 3.63) is 76.6 Å². The van der Waals surface area contributed by atoms with E-state index in [1.54, 1.807) is 18.2 Å². The summed E-state index contributed by atoms with van der Waals surface area (Å²) in [5.74, 6) is -0.223. The molecule has 0 aliphatic rings. The lowest BCUT2D eigenvalue weighted by Gasteiger charge is -1.97. The Bertz CT molecular complexity index is 843. The summed E-state index contributed by atoms with van der Waals surface area (Å²) in [5, 5.41) is 5.90. The van der Waals surface area contributed by atoms with Gasteiger partial charge in [0.2, 0.25) is 5.91 Å². The fraction of sp³-hybridized carbons (Fsp3) is 0. The number of nitrogens with one attached hydrogen (secondary N) is 1. The standard InChI is InChI=1S/C18H13ClN2OS/c19-15-8-4-5-13(11-15)9-10-17(22)21-18-20-16(12-23-18)14-6-2-1-3-7-14/h1-12H,(H,20,21,22). The van der Waals surface area contributed by atoms with Crippen LogP contribution < -0.4 is 5.32 Å². The first-order valence-corrected chi connectivity index (χ1v) is 8.22. The van der Waals surface area contributed by atoms with E-state index in [9.17, 15) is 4.79 Å². The van der Waals surface area contributed by atoms with Gasteiger partial charge in [-0.25, -0.2) is 4.98 Å². The molecule has 0 saturated heterocycles. The van der Waals surface area contributed by atoms with Crippen molar-refractivity contribution in [2.24, 2.45) is 0 Å². The van der Waals surface area contributed by atoms with Gasteiger partial charge in [0.05, 0.1) is 5.69 Å². The van der Waals surface area contributed by atoms with Crippen LogP contribution >= 0.6 is 22.9 Å². The second-order valence-corrected chi connectivity index (χ2v) is 6.08. The third-order valence-electron chi connectivity index (χ3n) is 3.08. The van der Waals surface area contributed by atoms with Crippen LogP contribution in [0, 0.1) is 0 Å². The summed E-state index contributed by atoms with van der Waals surface area (Å²) in [6.07, 6.45) is 3.18. The highest BCUT2D eigenvalue weighted by Gasteiger charge is 2.05. The van der Waals surface area contributed by atoms with Gasteiger partial charge in [0.1, 0.15) is 0 Å². The largest absolute Gasteiger partial charge is 0.298 e. The number of nitrogens with zero attached hydrogens (tertiary/aromatic N) is 1. The molecular weight excluding hydrogens is 328 g/mol. The van der Waals surface area contributed by atoms with Crippen LogP contribution in [0.2, 0.25) is 5.02 Å². The molecule has 0 atom stereocenters. The molecule has 114 valence electrons. The van der Waals surface area contributed by atoms with Gasteiger partial charge in [0.25, 0.3) is 0 Å². The van der Waals surface area contributed by atoms with Gasteiger partial charge in [-0.3, -0.25) is 10.1 Å². The van der Waals surface area contributed by atoms with E-state index in [-0.39, 0.29) is 5.91 Å². The zero-order valence-electron chi connectivity index (χ0n) is 12.1. The highest BCUT2D eigenvalue weighted by Crippen LogP contribution is 2.24. The Hall–Kier alpha value is -2.43. The first kappa shape index (κ1) is 15.5. The number of carbonyl (C=O) groups excluding carboxylic acids is 1. The van der Waals surface area contributed by atoms with E-state index < -0.39 is 0 Å². The number of amides is 1. The van der Waals surface area contributed by atoms with Gasteiger partial charge in [-0.1, -0.05) is 54.1 Å². The fourth-order valence-electron chi connectivity index (χ4n) is 2.00. The van der Waals surface area contributed by atoms with Crippen molar-refractivity contribution in [1.82, 2.24) is 4.98 Å². The molecule has 0 saturated carbocycles. The molecule has 1 heterocycles. The second-order valence-electron chi connectivity index (χ2n) is 4.78. The molecule has 0 bridgehead atoms. The van der Waals surface area contributed by atoms with Crippen molar-refractivity contribution in [3.8, 4) is 11.3 Å². The summed E-state index contributed by atoms with van der Waals surface area (Å²) in [4.78, 5) is 16.4. The fourth-order valence-corrected chi connectivity index (χ4v) is 2.92. The molecule has 5 heteroatoms. The number of hydrogen-bond acceptors (Lipinski definition) is 3. The molecule has 3 nitrogen and oxygen atoms in total. The number of aromatic nitrogens is 1. The second kappa shape index (κ2) is 7.22. The quantitative estimate of drug-likeness (QED) is 0.670. The van der Waals surface area contributed by atoms with Crippen LogP contribution in [0.15, 0.2) is 66.1 Å². The predicted molar refractivity (Wildman–Crippen MR) is 96.7 cm³/mol. The minimum absolute atomic E-state index is 0.223. The molecule has 0 spiro atoms. The SMILES string of the molecule is O=C(C=Cc1cccc(Cl)c1)Nc1nc(-c2ccccc2)cs1. The van der Waals surface area contributed by atoms with Gasteiger partial charge in [-0.15, -0.1) is 11.3 Å². The van der Waals surface area contributed by atoms with E-state index in [0.29, 0.717) is 10.2 Å². The third kappa shape index (κ3) is 4.28. The third-order valence-corrected chi connectivity index (χ3v) is 4.07. The van der Waals surface area contributed by atoms with Crippen molar-refractivity contribution in [2.45, 2.75) is 0 Å². The summed E-state index contributed by atoms with van der Waals surface area (Å²) >= 11 is 7.31. The smallest absolute Gasteiger partial charge is 0.250 e. The molecule has 0 aliphatic heterocycles. The van der Waals surface area contributed by atoms with E-state index in [2.05, 4.69) is 10.3 Å². The summed E-state index contributed by atoms with van der Waals surface area (Å²) in [6.45, 7) is 0. The predicted octanol–water partition coefficient (Wildman–Crippen LogP) is 5.12. The van der Waals surface area contributed by atoms with Crippen LogP contribution in [0.4, 0.5) is 5.13 Å². The van der Waals surface area contributed by atoms with Crippen molar-refractivity contribution < 1.29 is 4.79 Å². The number of thiazole rings is 1. The van der Waals surface area contributed by atoms with Crippen LogP contribution in [0.25, 0.3) is 17.3 Å². The van der Waals surface area contributed by atoms with E-state index in [4.69, 9.17) is 11.6 Å². The molecule has 23 heavy (non-hydrogen) atoms. The number of rotatable bonds is 4. The molecule has 3 aromatic rings. The number of halogens is 1. The van der Waals surface area contributed by atoms with E-state index in [0.717, 1.165) is 16.8 Å². The number of benzene rings is 2. The van der Waals surface area contributed by atoms with Gasteiger partial charge in [-0.05, 0) is 23.8 Å². The topological polar surface area (TPSA) is 42.0 Å². The van der Waals surface area contributed by atoms with Crippen LogP contribution in [-0.2, 0) is 4.79 Å². The molecule has 1 N–H and O–H groups in total. The molecule has 2 aromatic carbocycles. The molecule has 1 aromatic heterocycles. The molecule has 0 unspecified atom stereocenters. The Balaban J connectivity index is 1.66. The van der Waals surface area contributed by atoms with Gasteiger partial charge in [-0.2, -0.15) is 0 Å². The molecule has 1 amide bonds. The minimum atomic E-state index is -0.223. The minimum Gasteiger partial charge on any atom is -0.298 e. The van der Waals surface area contributed by atoms with Gasteiger partial charge < -0.3 is 0 Å². The highest BCUT2D eigenvalue weighted by molar-refractivity contribution is 7.14. The number of hydrogen-bond donors (Lipinski definition) is 1. The zero-order valence-corrected chi connectivity index (χ0v) is 13.6. The first-order chi connectivity index (χ1) is 11.2. The van der Waals surface area contributed by atoms with Crippen molar-refractivity contribution >= 4 is 40.1 Å². The Labute approximate surface area is 143 Å². The average Bonchev–Trinajstić information content (AvgIpc) is 3.02. The highest BCUT2D eigenvalue weighted by atomic mass is 35.5. The summed E-state index contributed by atoms with van der Waals surface area (Å²) in [7, 11) is 0. The monoisotopic (exact) mass is 340 g/mol. The van der Waals surface area contributed by atoms with Crippen molar-refractivity contribution in [1.29, 1.82) is 0 Å². The first-order valence-electron chi connectivity index (χ1n) is 6.96. The van der Waals surface area contributed by atoms with Crippen LogP contribution in [0.3, 0.4) is 0 Å². The zero-order chi connectivity index (χ0) is 16.1. The average molecular weight is 341 g/mol. The van der Waals surface area contributed by atoms with Crippen LogP contribution in [0.5, 0.6) is 0 Å². The molecule has 0 radical (unpaired) electrons. The van der Waals surface area contributed by atoms with E-state index >= 15 is 0 Å². The van der Waals surface area contributed by atoms with E-state index in [1.165, 1.54) is 17.4 Å². The summed E-state index contributed by atoms with van der Waals surface area (Å²) in [5.41, 5.74) is 2.75. The van der Waals surface area contributed by atoms with E-state index in [1.807, 2.05) is 47.8 Å². The summed E-state index contributed by atoms with van der Waals surface area (Å²) in [6, 6.07) is 17.2. The van der Waals surface area contributed by atoms with Crippen molar-refractivity contribution in [2.75, 3.05) is 5.32 Å². The maximum atomic E-state index is 12.0. The lowest BCUT2D eigenvalue weighted by Crippen LogP contribution is -2.07. The lowest BCUT2D eigenvalue weighted by molar-refractivity contribution is -0.111. The lowest BCUT2D eigenvalue weighted by atomic mass is 10.2. The number of carbonyl (C=O) groups is 1.